The Hall–Kier alpha value is -3.94. The number of fused-ring (bicyclic) bond motifs is 2. The van der Waals surface area contributed by atoms with Crippen molar-refractivity contribution in [2.45, 2.75) is 13.5 Å². The predicted molar refractivity (Wildman–Crippen MR) is 110 cm³/mol. The molecule has 5 rings (SSSR count). The monoisotopic (exact) mass is 386 g/mol. The molecule has 144 valence electrons. The Kier molecular flexibility index (Phi) is 3.90. The smallest absolute Gasteiger partial charge is 0.334 e. The second kappa shape index (κ2) is 6.59. The maximum atomic E-state index is 12.9. The van der Waals surface area contributed by atoms with Crippen LogP contribution in [0.3, 0.4) is 0 Å². The molecule has 0 saturated heterocycles. The van der Waals surface area contributed by atoms with E-state index in [4.69, 9.17) is 4.74 Å². The Bertz CT molecular complexity index is 1390. The number of hydrogen-bond acceptors (Lipinski definition) is 5. The lowest BCUT2D eigenvalue weighted by Gasteiger charge is -2.07. The molecule has 4 aromatic heterocycles. The van der Waals surface area contributed by atoms with E-state index >= 15 is 0 Å². The van der Waals surface area contributed by atoms with Gasteiger partial charge in [-0.2, -0.15) is 4.98 Å². The molecule has 0 radical (unpaired) electrons. The van der Waals surface area contributed by atoms with Crippen LogP contribution in [0.2, 0.25) is 0 Å². The lowest BCUT2D eigenvalue weighted by atomic mass is 10.3. The summed E-state index contributed by atoms with van der Waals surface area (Å²) >= 11 is 0. The zero-order valence-electron chi connectivity index (χ0n) is 16.0. The fourth-order valence-electron chi connectivity index (χ4n) is 3.49. The molecule has 8 heteroatoms. The first-order chi connectivity index (χ1) is 14.2. The van der Waals surface area contributed by atoms with Crippen molar-refractivity contribution >= 4 is 22.3 Å². The molecular weight excluding hydrogens is 368 g/mol. The average molecular weight is 386 g/mol. The molecule has 4 heterocycles. The molecule has 0 aliphatic rings. The Balaban J connectivity index is 1.53. The van der Waals surface area contributed by atoms with Crippen molar-refractivity contribution in [1.29, 1.82) is 0 Å². The first-order valence-corrected chi connectivity index (χ1v) is 9.29. The van der Waals surface area contributed by atoms with Gasteiger partial charge in [-0.15, -0.1) is 0 Å². The van der Waals surface area contributed by atoms with Crippen LogP contribution in [0.15, 0.2) is 65.7 Å². The number of imidazole rings is 2. The normalized spacial score (nSPS) is 11.4. The summed E-state index contributed by atoms with van der Waals surface area (Å²) in [6.45, 7) is 2.52. The van der Waals surface area contributed by atoms with E-state index in [0.717, 1.165) is 22.4 Å². The number of rotatable bonds is 4. The first-order valence-electron chi connectivity index (χ1n) is 9.29. The highest BCUT2D eigenvalue weighted by Crippen LogP contribution is 2.25. The van der Waals surface area contributed by atoms with Gasteiger partial charge in [-0.3, -0.25) is 9.13 Å². The average Bonchev–Trinajstić information content (AvgIpc) is 3.22. The Morgan fingerprint density at radius 2 is 1.69 bits per heavy atom. The van der Waals surface area contributed by atoms with Crippen LogP contribution in [-0.4, -0.2) is 28.7 Å². The Labute approximate surface area is 165 Å². The van der Waals surface area contributed by atoms with Gasteiger partial charge in [-0.1, -0.05) is 0 Å². The summed E-state index contributed by atoms with van der Waals surface area (Å²) in [5, 5.41) is 0. The molecule has 0 saturated carbocycles. The molecule has 8 nitrogen and oxygen atoms in total. The van der Waals surface area contributed by atoms with Crippen molar-refractivity contribution in [3.8, 4) is 17.4 Å². The highest BCUT2D eigenvalue weighted by Gasteiger charge is 2.15. The van der Waals surface area contributed by atoms with Gasteiger partial charge in [-0.05, 0) is 55.5 Å². The lowest BCUT2D eigenvalue weighted by Crippen LogP contribution is -2.22. The number of benzene rings is 1. The van der Waals surface area contributed by atoms with Crippen molar-refractivity contribution in [1.82, 2.24) is 28.7 Å². The van der Waals surface area contributed by atoms with E-state index < -0.39 is 0 Å². The summed E-state index contributed by atoms with van der Waals surface area (Å²) in [6, 6.07) is 15.2. The molecule has 0 unspecified atom stereocenters. The number of aromatic nitrogens is 6. The van der Waals surface area contributed by atoms with Gasteiger partial charge in [0.2, 0.25) is 0 Å². The van der Waals surface area contributed by atoms with Crippen LogP contribution in [0.25, 0.3) is 28.0 Å². The van der Waals surface area contributed by atoms with Crippen LogP contribution >= 0.6 is 0 Å². The zero-order valence-corrected chi connectivity index (χ0v) is 16.0. The largest absolute Gasteiger partial charge is 0.425 e. The molecular formula is C21H18N6O2. The molecule has 0 amide bonds. The molecule has 0 bridgehead atoms. The summed E-state index contributed by atoms with van der Waals surface area (Å²) in [5.41, 5.74) is 3.58. The molecule has 0 spiro atoms. The third-order valence-corrected chi connectivity index (χ3v) is 4.90. The van der Waals surface area contributed by atoms with Crippen LogP contribution in [0.4, 0.5) is 0 Å². The number of pyridine rings is 2. The highest BCUT2D eigenvalue weighted by atomic mass is 16.5. The summed E-state index contributed by atoms with van der Waals surface area (Å²) in [5.74, 6) is 0.618. The predicted octanol–water partition coefficient (Wildman–Crippen LogP) is 3.28. The van der Waals surface area contributed by atoms with Crippen molar-refractivity contribution < 1.29 is 4.74 Å². The minimum atomic E-state index is -0.115. The summed E-state index contributed by atoms with van der Waals surface area (Å²) < 4.78 is 11.1. The highest BCUT2D eigenvalue weighted by molar-refractivity contribution is 5.74. The molecule has 0 fully saturated rings. The molecule has 0 atom stereocenters. The van der Waals surface area contributed by atoms with E-state index in [0.29, 0.717) is 24.0 Å². The molecule has 1 aromatic carbocycles. The van der Waals surface area contributed by atoms with Gasteiger partial charge in [0.05, 0.1) is 11.2 Å². The second-order valence-electron chi connectivity index (χ2n) is 6.60. The zero-order chi connectivity index (χ0) is 20.0. The Morgan fingerprint density at radius 3 is 2.41 bits per heavy atom. The maximum absolute atomic E-state index is 12.9. The van der Waals surface area contributed by atoms with Crippen LogP contribution in [0.1, 0.15) is 6.92 Å². The van der Waals surface area contributed by atoms with E-state index in [1.807, 2.05) is 62.5 Å². The van der Waals surface area contributed by atoms with Crippen LogP contribution < -0.4 is 10.4 Å². The maximum Gasteiger partial charge on any atom is 0.334 e. The topological polar surface area (TPSA) is 79.8 Å². The number of aryl methyl sites for hydroxylation is 2. The first kappa shape index (κ1) is 17.2. The molecule has 0 N–H and O–H groups in total. The molecule has 29 heavy (non-hydrogen) atoms. The van der Waals surface area contributed by atoms with E-state index in [-0.39, 0.29) is 5.69 Å². The van der Waals surface area contributed by atoms with Crippen molar-refractivity contribution in [3.05, 3.63) is 71.4 Å². The Morgan fingerprint density at radius 1 is 0.966 bits per heavy atom. The van der Waals surface area contributed by atoms with Crippen molar-refractivity contribution in [2.75, 3.05) is 0 Å². The molecule has 0 aliphatic carbocycles. The van der Waals surface area contributed by atoms with E-state index in [1.54, 1.807) is 26.1 Å². The SMILES string of the molecule is CCn1c(=O)n(-c2ccc(Oc3nc4cccnc4n3C)cc2)c2ncccc21. The summed E-state index contributed by atoms with van der Waals surface area (Å²) in [6.07, 6.45) is 3.41. The minimum Gasteiger partial charge on any atom is -0.425 e. The number of ether oxygens (including phenoxy) is 1. The van der Waals surface area contributed by atoms with Crippen molar-refractivity contribution in [2.24, 2.45) is 7.05 Å². The van der Waals surface area contributed by atoms with Gasteiger partial charge in [0, 0.05) is 26.0 Å². The standard InChI is InChI=1S/C21H18N6O2/c1-3-26-17-7-5-13-23-19(17)27(21(26)28)14-8-10-15(11-9-14)29-20-24-16-6-4-12-22-18(16)25(20)2/h4-13H,3H2,1-2H3. The van der Waals surface area contributed by atoms with E-state index in [9.17, 15) is 4.79 Å². The van der Waals surface area contributed by atoms with Gasteiger partial charge >= 0.3 is 11.7 Å². The molecule has 0 aliphatic heterocycles. The van der Waals surface area contributed by atoms with Gasteiger partial charge < -0.3 is 4.74 Å². The number of hydrogen-bond donors (Lipinski definition) is 0. The second-order valence-corrected chi connectivity index (χ2v) is 6.60. The third-order valence-electron chi connectivity index (χ3n) is 4.90. The van der Waals surface area contributed by atoms with Gasteiger partial charge in [0.15, 0.2) is 11.3 Å². The van der Waals surface area contributed by atoms with Crippen LogP contribution in [0, 0.1) is 0 Å². The van der Waals surface area contributed by atoms with Gasteiger partial charge in [0.1, 0.15) is 11.3 Å². The fourth-order valence-corrected chi connectivity index (χ4v) is 3.49. The quantitative estimate of drug-likeness (QED) is 0.474. The van der Waals surface area contributed by atoms with E-state index in [1.165, 1.54) is 0 Å². The van der Waals surface area contributed by atoms with Crippen molar-refractivity contribution in [3.63, 3.8) is 0 Å². The van der Waals surface area contributed by atoms with Gasteiger partial charge in [0.25, 0.3) is 0 Å². The van der Waals surface area contributed by atoms with E-state index in [2.05, 4.69) is 15.0 Å². The fraction of sp³-hybridized carbons (Fsp3) is 0.143. The van der Waals surface area contributed by atoms with Crippen LogP contribution in [-0.2, 0) is 13.6 Å². The summed E-state index contributed by atoms with van der Waals surface area (Å²) in [7, 11) is 1.86. The third kappa shape index (κ3) is 2.68. The van der Waals surface area contributed by atoms with Gasteiger partial charge in [-0.25, -0.2) is 19.3 Å². The lowest BCUT2D eigenvalue weighted by molar-refractivity contribution is 0.427. The minimum absolute atomic E-state index is 0.115. The molecule has 5 aromatic rings. The van der Waals surface area contributed by atoms with Crippen LogP contribution in [0.5, 0.6) is 11.8 Å². The number of nitrogens with zero attached hydrogens (tertiary/aromatic N) is 6. The summed E-state index contributed by atoms with van der Waals surface area (Å²) in [4.78, 5) is 26.1.